The third-order valence-electron chi connectivity index (χ3n) is 5.98. The molecular weight excluding hydrogens is 360 g/mol. The summed E-state index contributed by atoms with van der Waals surface area (Å²) in [7, 11) is -0.616. The first-order valence-corrected chi connectivity index (χ1v) is 12.2. The van der Waals surface area contributed by atoms with E-state index in [-0.39, 0.29) is 34.7 Å². The van der Waals surface area contributed by atoms with Crippen LogP contribution in [0.2, 0.25) is 18.1 Å². The van der Waals surface area contributed by atoms with E-state index in [9.17, 15) is 9.90 Å². The van der Waals surface area contributed by atoms with Gasteiger partial charge in [-0.2, -0.15) is 0 Å². The highest BCUT2D eigenvalue weighted by molar-refractivity contribution is 6.74. The Labute approximate surface area is 162 Å². The Morgan fingerprint density at radius 1 is 1.33 bits per heavy atom. The van der Waals surface area contributed by atoms with Crippen molar-refractivity contribution in [1.82, 2.24) is 4.90 Å². The maximum absolute atomic E-state index is 13.2. The average molecular weight is 391 g/mol. The molecular formula is C20H30N2O4Si. The molecule has 0 bridgehead atoms. The number of aromatic hydroxyl groups is 1. The number of amides is 1. The molecule has 148 valence electrons. The first-order valence-electron chi connectivity index (χ1n) is 9.27. The van der Waals surface area contributed by atoms with Crippen LogP contribution in [0.15, 0.2) is 24.3 Å². The van der Waals surface area contributed by atoms with Crippen molar-refractivity contribution >= 4 is 19.9 Å². The van der Waals surface area contributed by atoms with Crippen LogP contribution in [0, 0.1) is 0 Å². The molecule has 2 atom stereocenters. The number of rotatable bonds is 3. The molecule has 27 heavy (non-hydrogen) atoms. The van der Waals surface area contributed by atoms with Gasteiger partial charge in [0.05, 0.1) is 24.4 Å². The van der Waals surface area contributed by atoms with Crippen molar-refractivity contribution in [1.29, 1.82) is 0 Å². The van der Waals surface area contributed by atoms with Crippen molar-refractivity contribution in [2.75, 3.05) is 19.0 Å². The van der Waals surface area contributed by atoms with Crippen LogP contribution in [0.3, 0.4) is 0 Å². The molecule has 1 amide bonds. The van der Waals surface area contributed by atoms with Crippen LogP contribution in [0.5, 0.6) is 11.5 Å². The van der Waals surface area contributed by atoms with Gasteiger partial charge in [0.2, 0.25) is 0 Å². The number of ether oxygens (including phenoxy) is 1. The monoisotopic (exact) mass is 390 g/mol. The fourth-order valence-corrected chi connectivity index (χ4v) is 4.56. The highest BCUT2D eigenvalue weighted by Gasteiger charge is 2.46. The minimum atomic E-state index is -2.09. The van der Waals surface area contributed by atoms with E-state index in [2.05, 4.69) is 45.8 Å². The van der Waals surface area contributed by atoms with Crippen LogP contribution in [0.4, 0.5) is 5.69 Å². The predicted octanol–water partition coefficient (Wildman–Crippen LogP) is 3.94. The lowest BCUT2D eigenvalue weighted by Gasteiger charge is -2.41. The van der Waals surface area contributed by atoms with Crippen molar-refractivity contribution in [3.63, 3.8) is 0 Å². The molecule has 3 rings (SSSR count). The number of hydrogen-bond acceptors (Lipinski definition) is 5. The Balaban J connectivity index is 2.06. The first-order chi connectivity index (χ1) is 12.4. The van der Waals surface area contributed by atoms with Gasteiger partial charge < -0.3 is 24.5 Å². The topological polar surface area (TPSA) is 71.0 Å². The molecule has 2 heterocycles. The van der Waals surface area contributed by atoms with Gasteiger partial charge in [-0.1, -0.05) is 32.9 Å². The van der Waals surface area contributed by atoms with E-state index >= 15 is 0 Å². The molecule has 2 unspecified atom stereocenters. The SMILES string of the molecule is C=C1CC2C(O[Si](C)(C)C(C)(C)C)Nc3cc(O)c(OC)cc3C(=O)N2C1. The third-order valence-corrected chi connectivity index (χ3v) is 10.4. The van der Waals surface area contributed by atoms with Crippen molar-refractivity contribution in [2.45, 2.75) is 57.6 Å². The van der Waals surface area contributed by atoms with E-state index in [4.69, 9.17) is 9.16 Å². The zero-order valence-corrected chi connectivity index (χ0v) is 18.0. The molecule has 0 aromatic heterocycles. The first kappa shape index (κ1) is 19.8. The smallest absolute Gasteiger partial charge is 0.256 e. The Hall–Kier alpha value is -1.99. The summed E-state index contributed by atoms with van der Waals surface area (Å²) in [6.07, 6.45) is 0.345. The molecule has 0 saturated carbocycles. The lowest BCUT2D eigenvalue weighted by atomic mass is 10.1. The molecule has 0 radical (unpaired) electrons. The summed E-state index contributed by atoms with van der Waals surface area (Å²) in [5.74, 6) is 0.178. The van der Waals surface area contributed by atoms with E-state index in [1.54, 1.807) is 12.1 Å². The van der Waals surface area contributed by atoms with Crippen LogP contribution in [0.25, 0.3) is 0 Å². The van der Waals surface area contributed by atoms with Crippen LogP contribution in [-0.2, 0) is 4.43 Å². The number of phenolic OH excluding ortho intramolecular Hbond substituents is 1. The maximum atomic E-state index is 13.2. The summed E-state index contributed by atoms with van der Waals surface area (Å²) >= 11 is 0. The van der Waals surface area contributed by atoms with E-state index in [0.29, 0.717) is 24.2 Å². The standard InChI is InChI=1S/C20H30N2O4Si/c1-12-8-15-18(26-27(6,7)20(2,3)4)21-14-10-16(23)17(25-5)9-13(14)19(24)22(15)11-12/h9-10,15,18,21,23H,1,8,11H2,2-7H3. The quantitative estimate of drug-likeness (QED) is 0.604. The van der Waals surface area contributed by atoms with E-state index in [1.807, 2.05) is 4.90 Å². The summed E-state index contributed by atoms with van der Waals surface area (Å²) in [5.41, 5.74) is 2.07. The van der Waals surface area contributed by atoms with Crippen molar-refractivity contribution in [3.8, 4) is 11.5 Å². The van der Waals surface area contributed by atoms with Gasteiger partial charge >= 0.3 is 0 Å². The Morgan fingerprint density at radius 2 is 2.00 bits per heavy atom. The molecule has 2 aliphatic rings. The third kappa shape index (κ3) is 3.46. The predicted molar refractivity (Wildman–Crippen MR) is 109 cm³/mol. The minimum absolute atomic E-state index is 0.00547. The van der Waals surface area contributed by atoms with Gasteiger partial charge in [-0.15, -0.1) is 0 Å². The van der Waals surface area contributed by atoms with E-state index in [1.165, 1.54) is 7.11 Å². The van der Waals surface area contributed by atoms with Crippen LogP contribution in [0.1, 0.15) is 37.6 Å². The van der Waals surface area contributed by atoms with Crippen molar-refractivity contribution in [2.24, 2.45) is 0 Å². The van der Waals surface area contributed by atoms with Crippen molar-refractivity contribution < 1.29 is 19.1 Å². The normalized spacial score (nSPS) is 22.8. The number of carbonyl (C=O) groups excluding carboxylic acids is 1. The van der Waals surface area contributed by atoms with Crippen LogP contribution in [-0.4, -0.2) is 50.2 Å². The highest BCUT2D eigenvalue weighted by atomic mass is 28.4. The second kappa shape index (κ2) is 6.56. The van der Waals surface area contributed by atoms with Gasteiger partial charge in [0.15, 0.2) is 19.8 Å². The van der Waals surface area contributed by atoms with Gasteiger partial charge in [0.1, 0.15) is 6.23 Å². The number of methoxy groups -OCH3 is 1. The molecule has 7 heteroatoms. The van der Waals surface area contributed by atoms with Gasteiger partial charge in [-0.3, -0.25) is 4.79 Å². The zero-order valence-electron chi connectivity index (χ0n) is 17.0. The Morgan fingerprint density at radius 3 is 2.59 bits per heavy atom. The number of fused-ring (bicyclic) bond motifs is 2. The second-order valence-corrected chi connectivity index (χ2v) is 13.7. The van der Waals surface area contributed by atoms with E-state index < -0.39 is 8.32 Å². The van der Waals surface area contributed by atoms with Crippen LogP contribution < -0.4 is 10.1 Å². The maximum Gasteiger partial charge on any atom is 0.256 e. The molecule has 1 aromatic rings. The Bertz CT molecular complexity index is 785. The summed E-state index contributed by atoms with van der Waals surface area (Å²) < 4.78 is 11.9. The fraction of sp³-hybridized carbons (Fsp3) is 0.550. The number of nitrogens with one attached hydrogen (secondary N) is 1. The number of carbonyl (C=O) groups is 1. The highest BCUT2D eigenvalue weighted by Crippen LogP contribution is 2.42. The fourth-order valence-electron chi connectivity index (χ4n) is 3.36. The van der Waals surface area contributed by atoms with Gasteiger partial charge in [-0.25, -0.2) is 0 Å². The van der Waals surface area contributed by atoms with Gasteiger partial charge in [-0.05, 0) is 30.6 Å². The number of hydrogen-bond donors (Lipinski definition) is 2. The second-order valence-electron chi connectivity index (χ2n) is 8.97. The Kier molecular flexibility index (Phi) is 4.80. The van der Waals surface area contributed by atoms with Gasteiger partial charge in [0, 0.05) is 12.6 Å². The average Bonchev–Trinajstić information content (AvgIpc) is 2.90. The van der Waals surface area contributed by atoms with Crippen molar-refractivity contribution in [3.05, 3.63) is 29.8 Å². The largest absolute Gasteiger partial charge is 0.504 e. The summed E-state index contributed by atoms with van der Waals surface area (Å²) in [5, 5.41) is 13.6. The molecule has 0 aliphatic carbocycles. The number of benzene rings is 1. The number of anilines is 1. The van der Waals surface area contributed by atoms with Crippen LogP contribution >= 0.6 is 0 Å². The molecule has 1 saturated heterocycles. The number of nitrogens with zero attached hydrogens (tertiary/aromatic N) is 1. The summed E-state index contributed by atoms with van der Waals surface area (Å²) in [4.78, 5) is 15.0. The summed E-state index contributed by atoms with van der Waals surface area (Å²) in [6, 6.07) is 3.01. The molecule has 0 spiro atoms. The number of phenols is 1. The molecule has 6 nitrogen and oxygen atoms in total. The zero-order chi connectivity index (χ0) is 20.1. The molecule has 2 N–H and O–H groups in total. The summed E-state index contributed by atoms with van der Waals surface area (Å²) in [6.45, 7) is 15.6. The lowest BCUT2D eigenvalue weighted by Crippen LogP contribution is -2.52. The van der Waals surface area contributed by atoms with E-state index in [0.717, 1.165) is 5.57 Å². The molecule has 2 aliphatic heterocycles. The lowest BCUT2D eigenvalue weighted by molar-refractivity contribution is 0.0602. The molecule has 1 fully saturated rings. The minimum Gasteiger partial charge on any atom is -0.504 e. The van der Waals surface area contributed by atoms with Gasteiger partial charge in [0.25, 0.3) is 5.91 Å². The molecule has 1 aromatic carbocycles.